The van der Waals surface area contributed by atoms with Crippen LogP contribution >= 0.6 is 0 Å². The van der Waals surface area contributed by atoms with E-state index in [1.54, 1.807) is 6.07 Å². The van der Waals surface area contributed by atoms with Gasteiger partial charge in [0.25, 0.3) is 0 Å². The third-order valence-electron chi connectivity index (χ3n) is 3.72. The Balaban J connectivity index is 1.61. The molecule has 1 aliphatic rings. The first-order valence-corrected chi connectivity index (χ1v) is 6.49. The highest BCUT2D eigenvalue weighted by molar-refractivity contribution is 5.46. The molecule has 0 amide bonds. The second kappa shape index (κ2) is 5.00. The van der Waals surface area contributed by atoms with Crippen LogP contribution in [-0.2, 0) is 0 Å². The van der Waals surface area contributed by atoms with E-state index in [1.807, 2.05) is 18.2 Å². The van der Waals surface area contributed by atoms with Gasteiger partial charge < -0.3 is 5.32 Å². The summed E-state index contributed by atoms with van der Waals surface area (Å²) >= 11 is 0. The van der Waals surface area contributed by atoms with Crippen LogP contribution in [0.1, 0.15) is 24.3 Å². The van der Waals surface area contributed by atoms with Crippen LogP contribution in [0.15, 0.2) is 48.5 Å². The van der Waals surface area contributed by atoms with Crippen molar-refractivity contribution in [3.63, 3.8) is 0 Å². The molecule has 1 N–H and O–H groups in total. The smallest absolute Gasteiger partial charge is 0.181 e. The van der Waals surface area contributed by atoms with Gasteiger partial charge in [-0.3, -0.25) is 0 Å². The molecule has 0 spiro atoms. The number of nitrogens with one attached hydrogen (secondary N) is 1. The van der Waals surface area contributed by atoms with Gasteiger partial charge >= 0.3 is 0 Å². The number of hydrogen-bond acceptors (Lipinski definition) is 1. The molecule has 1 saturated carbocycles. The van der Waals surface area contributed by atoms with Crippen molar-refractivity contribution in [3.05, 3.63) is 65.7 Å². The van der Waals surface area contributed by atoms with E-state index in [0.29, 0.717) is 5.92 Å². The van der Waals surface area contributed by atoms with Gasteiger partial charge in [-0.2, -0.15) is 0 Å². The van der Waals surface area contributed by atoms with Crippen molar-refractivity contribution in [2.24, 2.45) is 0 Å². The standard InChI is InChI=1S/C16H15F2N/c17-14-7-4-8-15(16(14)18)19-13-9-12(10-13)11-5-2-1-3-6-11/h1-8,12-13,19H,9-10H2. The first-order chi connectivity index (χ1) is 9.24. The minimum Gasteiger partial charge on any atom is -0.380 e. The maximum absolute atomic E-state index is 13.5. The summed E-state index contributed by atoms with van der Waals surface area (Å²) in [4.78, 5) is 0. The largest absolute Gasteiger partial charge is 0.380 e. The lowest BCUT2D eigenvalue weighted by molar-refractivity contribution is 0.372. The quantitative estimate of drug-likeness (QED) is 0.865. The highest BCUT2D eigenvalue weighted by Gasteiger charge is 2.30. The summed E-state index contributed by atoms with van der Waals surface area (Å²) in [7, 11) is 0. The molecule has 3 rings (SSSR count). The van der Waals surface area contributed by atoms with Crippen molar-refractivity contribution in [1.82, 2.24) is 0 Å². The molecule has 98 valence electrons. The van der Waals surface area contributed by atoms with E-state index < -0.39 is 11.6 Å². The predicted molar refractivity (Wildman–Crippen MR) is 72.2 cm³/mol. The highest BCUT2D eigenvalue weighted by atomic mass is 19.2. The Morgan fingerprint density at radius 2 is 1.63 bits per heavy atom. The van der Waals surface area contributed by atoms with E-state index in [1.165, 1.54) is 11.6 Å². The molecule has 3 heteroatoms. The second-order valence-corrected chi connectivity index (χ2v) is 5.02. The normalized spacial score (nSPS) is 21.8. The summed E-state index contributed by atoms with van der Waals surface area (Å²) in [6.07, 6.45) is 1.92. The molecule has 2 aromatic rings. The number of rotatable bonds is 3. The average molecular weight is 259 g/mol. The first-order valence-electron chi connectivity index (χ1n) is 6.49. The number of anilines is 1. The summed E-state index contributed by atoms with van der Waals surface area (Å²) in [6, 6.07) is 14.7. The summed E-state index contributed by atoms with van der Waals surface area (Å²) in [6.45, 7) is 0. The van der Waals surface area contributed by atoms with Gasteiger partial charge in [0.15, 0.2) is 11.6 Å². The lowest BCUT2D eigenvalue weighted by Gasteiger charge is -2.37. The second-order valence-electron chi connectivity index (χ2n) is 5.02. The fourth-order valence-electron chi connectivity index (χ4n) is 2.57. The molecule has 0 aromatic heterocycles. The van der Waals surface area contributed by atoms with Crippen LogP contribution in [0.25, 0.3) is 0 Å². The van der Waals surface area contributed by atoms with Gasteiger partial charge in [0.1, 0.15) is 0 Å². The first kappa shape index (κ1) is 12.2. The predicted octanol–water partition coefficient (Wildman–Crippen LogP) is 4.32. The molecule has 0 heterocycles. The fourth-order valence-corrected chi connectivity index (χ4v) is 2.57. The van der Waals surface area contributed by atoms with Gasteiger partial charge in [0.2, 0.25) is 0 Å². The van der Waals surface area contributed by atoms with E-state index >= 15 is 0 Å². The molecule has 1 aliphatic carbocycles. The Hall–Kier alpha value is -1.90. The zero-order chi connectivity index (χ0) is 13.2. The lowest BCUT2D eigenvalue weighted by Crippen LogP contribution is -2.34. The van der Waals surface area contributed by atoms with Gasteiger partial charge in [0.05, 0.1) is 5.69 Å². The van der Waals surface area contributed by atoms with Gasteiger partial charge in [-0.15, -0.1) is 0 Å². The van der Waals surface area contributed by atoms with E-state index in [4.69, 9.17) is 0 Å². The molecule has 0 unspecified atom stereocenters. The Bertz CT molecular complexity index is 562. The van der Waals surface area contributed by atoms with Gasteiger partial charge in [-0.1, -0.05) is 36.4 Å². The lowest BCUT2D eigenvalue weighted by atomic mass is 9.76. The van der Waals surface area contributed by atoms with E-state index in [-0.39, 0.29) is 11.7 Å². The number of benzene rings is 2. The highest BCUT2D eigenvalue weighted by Crippen LogP contribution is 2.38. The van der Waals surface area contributed by atoms with Crippen molar-refractivity contribution in [2.45, 2.75) is 24.8 Å². The number of halogens is 2. The summed E-state index contributed by atoms with van der Waals surface area (Å²) in [5.74, 6) is -1.06. The van der Waals surface area contributed by atoms with Crippen LogP contribution in [-0.4, -0.2) is 6.04 Å². The third-order valence-corrected chi connectivity index (χ3v) is 3.72. The molecule has 0 atom stereocenters. The summed E-state index contributed by atoms with van der Waals surface area (Å²) in [5, 5.41) is 3.07. The fraction of sp³-hybridized carbons (Fsp3) is 0.250. The van der Waals surface area contributed by atoms with Crippen LogP contribution in [0, 0.1) is 11.6 Å². The van der Waals surface area contributed by atoms with Crippen LogP contribution in [0.5, 0.6) is 0 Å². The van der Waals surface area contributed by atoms with Crippen molar-refractivity contribution in [1.29, 1.82) is 0 Å². The zero-order valence-corrected chi connectivity index (χ0v) is 10.4. The molecule has 19 heavy (non-hydrogen) atoms. The van der Waals surface area contributed by atoms with Crippen molar-refractivity contribution >= 4 is 5.69 Å². The van der Waals surface area contributed by atoms with Crippen LogP contribution in [0.3, 0.4) is 0 Å². The zero-order valence-electron chi connectivity index (χ0n) is 10.4. The molecule has 0 radical (unpaired) electrons. The van der Waals surface area contributed by atoms with Gasteiger partial charge in [-0.05, 0) is 36.5 Å². The maximum atomic E-state index is 13.5. The minimum absolute atomic E-state index is 0.224. The summed E-state index contributed by atoms with van der Waals surface area (Å²) < 4.78 is 26.6. The van der Waals surface area contributed by atoms with E-state index in [9.17, 15) is 8.78 Å². The minimum atomic E-state index is -0.802. The molecular formula is C16H15F2N. The van der Waals surface area contributed by atoms with Crippen molar-refractivity contribution in [3.8, 4) is 0 Å². The Kier molecular flexibility index (Phi) is 3.20. The SMILES string of the molecule is Fc1cccc(NC2CC(c3ccccc3)C2)c1F. The third kappa shape index (κ3) is 2.46. The molecule has 0 bridgehead atoms. The number of hydrogen-bond donors (Lipinski definition) is 1. The summed E-state index contributed by atoms with van der Waals surface area (Å²) in [5.41, 5.74) is 1.58. The molecule has 0 aliphatic heterocycles. The average Bonchev–Trinajstić information content (AvgIpc) is 2.39. The van der Waals surface area contributed by atoms with Crippen molar-refractivity contribution in [2.75, 3.05) is 5.32 Å². The molecular weight excluding hydrogens is 244 g/mol. The Labute approximate surface area is 111 Å². The van der Waals surface area contributed by atoms with Gasteiger partial charge in [-0.25, -0.2) is 8.78 Å². The van der Waals surface area contributed by atoms with E-state index in [0.717, 1.165) is 18.9 Å². The Morgan fingerprint density at radius 1 is 0.895 bits per heavy atom. The van der Waals surface area contributed by atoms with E-state index in [2.05, 4.69) is 17.4 Å². The molecule has 1 nitrogen and oxygen atoms in total. The van der Waals surface area contributed by atoms with Crippen LogP contribution in [0.4, 0.5) is 14.5 Å². The molecule has 2 aromatic carbocycles. The topological polar surface area (TPSA) is 12.0 Å². The van der Waals surface area contributed by atoms with Gasteiger partial charge in [0, 0.05) is 6.04 Å². The van der Waals surface area contributed by atoms with Crippen molar-refractivity contribution < 1.29 is 8.78 Å². The van der Waals surface area contributed by atoms with Crippen LogP contribution in [0.2, 0.25) is 0 Å². The maximum Gasteiger partial charge on any atom is 0.181 e. The Morgan fingerprint density at radius 3 is 2.37 bits per heavy atom. The molecule has 1 fully saturated rings. The monoisotopic (exact) mass is 259 g/mol. The molecule has 0 saturated heterocycles. The van der Waals surface area contributed by atoms with Crippen LogP contribution < -0.4 is 5.32 Å².